The lowest BCUT2D eigenvalue weighted by Crippen LogP contribution is -2.50. The second-order valence-electron chi connectivity index (χ2n) is 5.81. The fraction of sp³-hybridized carbons (Fsp3) is 1.00. The van der Waals surface area contributed by atoms with Gasteiger partial charge in [0.05, 0.1) is 6.61 Å². The summed E-state index contributed by atoms with van der Waals surface area (Å²) < 4.78 is 5.31. The van der Waals surface area contributed by atoms with Crippen LogP contribution in [-0.4, -0.2) is 44.3 Å². The summed E-state index contributed by atoms with van der Waals surface area (Å²) in [7, 11) is 1.82. The molecular weight excluding hydrogens is 212 g/mol. The van der Waals surface area contributed by atoms with Gasteiger partial charge in [-0.2, -0.15) is 0 Å². The normalized spacial score (nSPS) is 29.6. The maximum absolute atomic E-state index is 6.03. The summed E-state index contributed by atoms with van der Waals surface area (Å²) in [5, 5.41) is 0. The highest BCUT2D eigenvalue weighted by Gasteiger charge is 2.31. The molecule has 1 saturated carbocycles. The summed E-state index contributed by atoms with van der Waals surface area (Å²) in [5.41, 5.74) is 6.03. The molecule has 0 bridgehead atoms. The molecule has 1 aliphatic heterocycles. The van der Waals surface area contributed by atoms with Gasteiger partial charge in [0, 0.05) is 26.2 Å². The molecule has 0 radical (unpaired) electrons. The number of nitrogens with two attached hydrogens (primary N) is 1. The fourth-order valence-electron chi connectivity index (χ4n) is 3.75. The minimum absolute atomic E-state index is 0.636. The monoisotopic (exact) mass is 240 g/mol. The van der Waals surface area contributed by atoms with E-state index in [1.807, 2.05) is 7.11 Å². The van der Waals surface area contributed by atoms with Crippen molar-refractivity contribution in [2.45, 2.75) is 44.6 Å². The molecule has 0 spiro atoms. The van der Waals surface area contributed by atoms with Crippen LogP contribution in [0.25, 0.3) is 0 Å². The van der Waals surface area contributed by atoms with Crippen molar-refractivity contribution in [3.63, 3.8) is 0 Å². The van der Waals surface area contributed by atoms with Gasteiger partial charge in [-0.25, -0.2) is 0 Å². The number of likely N-dealkylation sites (tertiary alicyclic amines) is 1. The Morgan fingerprint density at radius 3 is 2.65 bits per heavy atom. The van der Waals surface area contributed by atoms with Crippen LogP contribution in [0.1, 0.15) is 38.5 Å². The molecule has 2 aliphatic rings. The van der Waals surface area contributed by atoms with E-state index >= 15 is 0 Å². The van der Waals surface area contributed by atoms with Crippen molar-refractivity contribution in [2.24, 2.45) is 17.6 Å². The number of hydrogen-bond donors (Lipinski definition) is 1. The lowest BCUT2D eigenvalue weighted by Gasteiger charge is -2.40. The van der Waals surface area contributed by atoms with Gasteiger partial charge in [0.15, 0.2) is 0 Å². The van der Waals surface area contributed by atoms with Crippen LogP contribution in [0.5, 0.6) is 0 Å². The highest BCUT2D eigenvalue weighted by atomic mass is 16.5. The Kier molecular flexibility index (Phi) is 5.26. The third-order valence-electron chi connectivity index (χ3n) is 4.61. The van der Waals surface area contributed by atoms with E-state index in [2.05, 4.69) is 4.90 Å². The van der Waals surface area contributed by atoms with Gasteiger partial charge in [0.1, 0.15) is 0 Å². The van der Waals surface area contributed by atoms with Crippen LogP contribution < -0.4 is 5.73 Å². The van der Waals surface area contributed by atoms with E-state index in [9.17, 15) is 0 Å². The molecule has 3 heteroatoms. The van der Waals surface area contributed by atoms with Gasteiger partial charge in [0.2, 0.25) is 0 Å². The van der Waals surface area contributed by atoms with E-state index in [0.717, 1.165) is 25.0 Å². The second-order valence-corrected chi connectivity index (χ2v) is 5.81. The van der Waals surface area contributed by atoms with Crippen LogP contribution in [0.3, 0.4) is 0 Å². The highest BCUT2D eigenvalue weighted by Crippen LogP contribution is 2.31. The topological polar surface area (TPSA) is 38.5 Å². The molecule has 3 nitrogen and oxygen atoms in total. The van der Waals surface area contributed by atoms with Gasteiger partial charge in [-0.15, -0.1) is 0 Å². The van der Waals surface area contributed by atoms with Gasteiger partial charge in [-0.3, -0.25) is 4.90 Å². The molecule has 1 saturated heterocycles. The summed E-state index contributed by atoms with van der Waals surface area (Å²) >= 11 is 0. The van der Waals surface area contributed by atoms with Gasteiger partial charge < -0.3 is 10.5 Å². The minimum Gasteiger partial charge on any atom is -0.384 e. The number of piperidine rings is 1. The lowest BCUT2D eigenvalue weighted by molar-refractivity contribution is 0.0529. The Labute approximate surface area is 106 Å². The Balaban J connectivity index is 1.89. The van der Waals surface area contributed by atoms with Crippen LogP contribution in [0.4, 0.5) is 0 Å². The molecule has 100 valence electrons. The smallest absolute Gasteiger partial charge is 0.0502 e. The Morgan fingerprint density at radius 1 is 1.24 bits per heavy atom. The number of rotatable bonds is 5. The molecule has 2 fully saturated rings. The molecule has 2 atom stereocenters. The highest BCUT2D eigenvalue weighted by molar-refractivity contribution is 4.86. The molecule has 17 heavy (non-hydrogen) atoms. The molecule has 1 heterocycles. The largest absolute Gasteiger partial charge is 0.384 e. The molecule has 1 aliphatic carbocycles. The van der Waals surface area contributed by atoms with Crippen molar-refractivity contribution in [3.8, 4) is 0 Å². The van der Waals surface area contributed by atoms with Crippen molar-refractivity contribution >= 4 is 0 Å². The van der Waals surface area contributed by atoms with Gasteiger partial charge in [-0.05, 0) is 44.1 Å². The molecule has 2 rings (SSSR count). The van der Waals surface area contributed by atoms with Crippen molar-refractivity contribution in [1.29, 1.82) is 0 Å². The fourth-order valence-corrected chi connectivity index (χ4v) is 3.75. The summed E-state index contributed by atoms with van der Waals surface area (Å²) in [6, 6.07) is 0.636. The van der Waals surface area contributed by atoms with Crippen molar-refractivity contribution in [3.05, 3.63) is 0 Å². The van der Waals surface area contributed by atoms with E-state index < -0.39 is 0 Å². The maximum atomic E-state index is 6.03. The zero-order chi connectivity index (χ0) is 12.1. The number of methoxy groups -OCH3 is 1. The Hall–Kier alpha value is -0.120. The summed E-state index contributed by atoms with van der Waals surface area (Å²) in [4.78, 5) is 2.66. The van der Waals surface area contributed by atoms with E-state index in [-0.39, 0.29) is 0 Å². The van der Waals surface area contributed by atoms with E-state index in [0.29, 0.717) is 6.04 Å². The minimum atomic E-state index is 0.636. The van der Waals surface area contributed by atoms with Crippen LogP contribution in [0.2, 0.25) is 0 Å². The van der Waals surface area contributed by atoms with Gasteiger partial charge >= 0.3 is 0 Å². The van der Waals surface area contributed by atoms with Crippen LogP contribution in [-0.2, 0) is 4.74 Å². The summed E-state index contributed by atoms with van der Waals surface area (Å²) in [6.07, 6.45) is 8.26. The van der Waals surface area contributed by atoms with E-state index in [4.69, 9.17) is 10.5 Å². The first kappa shape index (κ1) is 13.3. The van der Waals surface area contributed by atoms with Gasteiger partial charge in [0.25, 0.3) is 0 Å². The van der Waals surface area contributed by atoms with Crippen LogP contribution in [0, 0.1) is 11.8 Å². The summed E-state index contributed by atoms with van der Waals surface area (Å²) in [5.74, 6) is 1.59. The van der Waals surface area contributed by atoms with Crippen molar-refractivity contribution in [1.82, 2.24) is 4.90 Å². The SMILES string of the molecule is COCC1CCCN(C(CN)C2CCCC2)C1. The van der Waals surface area contributed by atoms with Crippen LogP contribution >= 0.6 is 0 Å². The molecular formula is C14H28N2O. The average Bonchev–Trinajstić information content (AvgIpc) is 2.85. The zero-order valence-corrected chi connectivity index (χ0v) is 11.2. The average molecular weight is 240 g/mol. The van der Waals surface area contributed by atoms with E-state index in [1.54, 1.807) is 0 Å². The zero-order valence-electron chi connectivity index (χ0n) is 11.2. The third kappa shape index (κ3) is 3.43. The maximum Gasteiger partial charge on any atom is 0.0502 e. The molecule has 0 aromatic heterocycles. The Morgan fingerprint density at radius 2 is 2.00 bits per heavy atom. The van der Waals surface area contributed by atoms with Crippen molar-refractivity contribution in [2.75, 3.05) is 33.4 Å². The standard InChI is InChI=1S/C14H28N2O/c1-17-11-12-5-4-8-16(10-12)14(9-15)13-6-2-3-7-13/h12-14H,2-11,15H2,1H3. The van der Waals surface area contributed by atoms with Crippen LogP contribution in [0.15, 0.2) is 0 Å². The van der Waals surface area contributed by atoms with Crippen molar-refractivity contribution < 1.29 is 4.74 Å². The molecule has 2 N–H and O–H groups in total. The first-order chi connectivity index (χ1) is 8.35. The number of nitrogens with zero attached hydrogens (tertiary/aromatic N) is 1. The molecule has 0 aromatic rings. The summed E-state index contributed by atoms with van der Waals surface area (Å²) in [6.45, 7) is 4.20. The lowest BCUT2D eigenvalue weighted by atomic mass is 9.91. The van der Waals surface area contributed by atoms with Gasteiger partial charge in [-0.1, -0.05) is 12.8 Å². The number of hydrogen-bond acceptors (Lipinski definition) is 3. The predicted octanol–water partition coefficient (Wildman–Crippen LogP) is 1.86. The predicted molar refractivity (Wildman–Crippen MR) is 71.0 cm³/mol. The Bertz CT molecular complexity index is 214. The number of ether oxygens (including phenoxy) is 1. The second kappa shape index (κ2) is 6.72. The first-order valence-corrected chi connectivity index (χ1v) is 7.28. The quantitative estimate of drug-likeness (QED) is 0.797. The first-order valence-electron chi connectivity index (χ1n) is 7.28. The van der Waals surface area contributed by atoms with E-state index in [1.165, 1.54) is 51.6 Å². The molecule has 2 unspecified atom stereocenters. The molecule has 0 amide bonds. The molecule has 0 aromatic carbocycles. The third-order valence-corrected chi connectivity index (χ3v) is 4.61.